The van der Waals surface area contributed by atoms with Crippen molar-refractivity contribution in [3.8, 4) is 5.75 Å². The van der Waals surface area contributed by atoms with Crippen LogP contribution in [0.1, 0.15) is 43.0 Å². The zero-order valence-electron chi connectivity index (χ0n) is 20.0. The Morgan fingerprint density at radius 1 is 1.12 bits per heavy atom. The molecule has 3 aromatic rings. The lowest BCUT2D eigenvalue weighted by Crippen LogP contribution is -2.67. The van der Waals surface area contributed by atoms with Crippen LogP contribution in [0.3, 0.4) is 0 Å². The van der Waals surface area contributed by atoms with Crippen molar-refractivity contribution < 1.29 is 19.1 Å². The van der Waals surface area contributed by atoms with Crippen molar-refractivity contribution in [2.24, 2.45) is 0 Å². The fraction of sp³-hybridized carbons (Fsp3) is 0.407. The van der Waals surface area contributed by atoms with Gasteiger partial charge in [-0.15, -0.1) is 0 Å². The molecule has 0 saturated carbocycles. The molecule has 2 atom stereocenters. The molecular weight excluding hydrogens is 430 g/mol. The highest BCUT2D eigenvalue weighted by Crippen LogP contribution is 2.49. The third kappa shape index (κ3) is 3.38. The third-order valence-corrected chi connectivity index (χ3v) is 7.25. The second-order valence-corrected chi connectivity index (χ2v) is 9.11. The van der Waals surface area contributed by atoms with Gasteiger partial charge in [0.15, 0.2) is 5.54 Å². The molecule has 7 nitrogen and oxygen atoms in total. The number of carbonyl (C=O) groups excluding carboxylic acids is 2. The minimum absolute atomic E-state index is 0.0392. The van der Waals surface area contributed by atoms with Gasteiger partial charge in [-0.05, 0) is 38.0 Å². The maximum atomic E-state index is 13.9. The van der Waals surface area contributed by atoms with Crippen molar-refractivity contribution >= 4 is 22.7 Å². The van der Waals surface area contributed by atoms with E-state index in [9.17, 15) is 9.59 Å². The molecule has 2 aromatic carbocycles. The number of aromatic nitrogens is 1. The number of nitrogens with zero attached hydrogens (tertiary/aromatic N) is 2. The number of methoxy groups -OCH3 is 1. The van der Waals surface area contributed by atoms with Gasteiger partial charge < -0.3 is 24.3 Å². The molecule has 1 fully saturated rings. The van der Waals surface area contributed by atoms with Crippen molar-refractivity contribution in [3.05, 3.63) is 65.4 Å². The largest absolute Gasteiger partial charge is 0.496 e. The van der Waals surface area contributed by atoms with Crippen molar-refractivity contribution in [2.45, 2.75) is 31.7 Å². The zero-order valence-corrected chi connectivity index (χ0v) is 20.0. The molecule has 2 aliphatic rings. The molecule has 1 saturated heterocycles. The Bertz CT molecular complexity index is 1240. The fourth-order valence-corrected chi connectivity index (χ4v) is 5.59. The van der Waals surface area contributed by atoms with Crippen LogP contribution in [0.2, 0.25) is 0 Å². The number of hydrogen-bond acceptors (Lipinski definition) is 4. The van der Waals surface area contributed by atoms with E-state index in [4.69, 9.17) is 9.47 Å². The van der Waals surface area contributed by atoms with E-state index in [1.807, 2.05) is 56.3 Å². The van der Waals surface area contributed by atoms with Gasteiger partial charge in [0.05, 0.1) is 19.3 Å². The van der Waals surface area contributed by atoms with Crippen LogP contribution in [0.4, 0.5) is 0 Å². The number of amides is 2. The van der Waals surface area contributed by atoms with Crippen LogP contribution in [-0.2, 0) is 19.9 Å². The number of piperazine rings is 1. The minimum Gasteiger partial charge on any atom is -0.496 e. The summed E-state index contributed by atoms with van der Waals surface area (Å²) in [6.07, 6.45) is 0.701. The van der Waals surface area contributed by atoms with Gasteiger partial charge in [0.25, 0.3) is 5.91 Å². The van der Waals surface area contributed by atoms with E-state index in [0.717, 1.165) is 33.5 Å². The lowest BCUT2D eigenvalue weighted by Gasteiger charge is -2.51. The minimum atomic E-state index is -1.09. The number of fused-ring (bicyclic) bond motifs is 5. The molecule has 5 rings (SSSR count). The summed E-state index contributed by atoms with van der Waals surface area (Å²) in [4.78, 5) is 34.4. The monoisotopic (exact) mass is 461 g/mol. The number of ether oxygens (including phenoxy) is 2. The summed E-state index contributed by atoms with van der Waals surface area (Å²) in [5.41, 5.74) is 2.75. The lowest BCUT2D eigenvalue weighted by atomic mass is 9.76. The third-order valence-electron chi connectivity index (χ3n) is 7.25. The van der Waals surface area contributed by atoms with Gasteiger partial charge in [-0.2, -0.15) is 0 Å². The summed E-state index contributed by atoms with van der Waals surface area (Å²) in [7, 11) is 1.66. The summed E-state index contributed by atoms with van der Waals surface area (Å²) < 4.78 is 11.1. The zero-order chi connectivity index (χ0) is 23.9. The van der Waals surface area contributed by atoms with E-state index in [1.54, 1.807) is 16.9 Å². The number of H-pyrrole nitrogens is 1. The quantitative estimate of drug-likeness (QED) is 0.545. The van der Waals surface area contributed by atoms with Crippen LogP contribution in [-0.4, -0.2) is 66.6 Å². The van der Waals surface area contributed by atoms with Gasteiger partial charge in [-0.1, -0.05) is 36.4 Å². The predicted octanol–water partition coefficient (Wildman–Crippen LogP) is 3.63. The first-order valence-corrected chi connectivity index (χ1v) is 11.9. The van der Waals surface area contributed by atoms with Crippen molar-refractivity contribution in [1.29, 1.82) is 0 Å². The van der Waals surface area contributed by atoms with Crippen LogP contribution in [0, 0.1) is 0 Å². The average Bonchev–Trinajstić information content (AvgIpc) is 3.26. The molecule has 3 heterocycles. The number of hydrogen-bond donors (Lipinski definition) is 1. The molecule has 1 aromatic heterocycles. The van der Waals surface area contributed by atoms with Crippen LogP contribution in [0.25, 0.3) is 10.9 Å². The Morgan fingerprint density at radius 3 is 2.68 bits per heavy atom. The van der Waals surface area contributed by atoms with Gasteiger partial charge in [0.2, 0.25) is 5.91 Å². The van der Waals surface area contributed by atoms with Gasteiger partial charge in [-0.25, -0.2) is 0 Å². The number of carbonyl (C=O) groups is 2. The Balaban J connectivity index is 1.64. The Morgan fingerprint density at radius 2 is 1.88 bits per heavy atom. The topological polar surface area (TPSA) is 74.9 Å². The second-order valence-electron chi connectivity index (χ2n) is 9.11. The molecular formula is C27H31N3O4. The molecule has 34 heavy (non-hydrogen) atoms. The van der Waals surface area contributed by atoms with Crippen molar-refractivity contribution in [1.82, 2.24) is 14.8 Å². The maximum absolute atomic E-state index is 13.9. The number of benzene rings is 2. The SMILES string of the molecule is CCOCCCN1CC(=O)N2C[C@H](c3ccccc3OC)c3c([nH]c4ccccc34)[C@@]2(C)C1=O. The molecule has 0 spiro atoms. The van der Waals surface area contributed by atoms with Gasteiger partial charge >= 0.3 is 0 Å². The molecule has 0 unspecified atom stereocenters. The highest BCUT2D eigenvalue weighted by Gasteiger charge is 2.56. The van der Waals surface area contributed by atoms with E-state index in [0.29, 0.717) is 32.7 Å². The summed E-state index contributed by atoms with van der Waals surface area (Å²) in [6.45, 7) is 6.06. The van der Waals surface area contributed by atoms with Crippen molar-refractivity contribution in [3.63, 3.8) is 0 Å². The first-order valence-electron chi connectivity index (χ1n) is 11.9. The summed E-state index contributed by atoms with van der Waals surface area (Å²) in [5, 5.41) is 1.07. The molecule has 0 aliphatic carbocycles. The first-order chi connectivity index (χ1) is 16.5. The van der Waals surface area contributed by atoms with Gasteiger partial charge in [0, 0.05) is 48.7 Å². The molecule has 2 aliphatic heterocycles. The van der Waals surface area contributed by atoms with Crippen LogP contribution in [0.5, 0.6) is 5.75 Å². The Labute approximate surface area is 199 Å². The molecule has 2 amide bonds. The molecule has 178 valence electrons. The predicted molar refractivity (Wildman–Crippen MR) is 130 cm³/mol. The smallest absolute Gasteiger partial charge is 0.254 e. The molecule has 7 heteroatoms. The van der Waals surface area contributed by atoms with Crippen LogP contribution >= 0.6 is 0 Å². The highest BCUT2D eigenvalue weighted by molar-refractivity contribution is 6.01. The number of rotatable bonds is 7. The number of nitrogens with one attached hydrogen (secondary N) is 1. The fourth-order valence-electron chi connectivity index (χ4n) is 5.59. The van der Waals surface area contributed by atoms with E-state index < -0.39 is 5.54 Å². The maximum Gasteiger partial charge on any atom is 0.254 e. The average molecular weight is 462 g/mol. The number of aromatic amines is 1. The van der Waals surface area contributed by atoms with E-state index in [2.05, 4.69) is 11.1 Å². The van der Waals surface area contributed by atoms with Gasteiger partial charge in [-0.3, -0.25) is 9.59 Å². The van der Waals surface area contributed by atoms with Gasteiger partial charge in [0.1, 0.15) is 5.75 Å². The number of para-hydroxylation sites is 2. The highest BCUT2D eigenvalue weighted by atomic mass is 16.5. The van der Waals surface area contributed by atoms with Crippen LogP contribution < -0.4 is 4.74 Å². The van der Waals surface area contributed by atoms with E-state index >= 15 is 0 Å². The summed E-state index contributed by atoms with van der Waals surface area (Å²) in [5.74, 6) is 0.579. The molecule has 1 N–H and O–H groups in total. The lowest BCUT2D eigenvalue weighted by molar-refractivity contribution is -0.166. The standard InChI is InChI=1S/C27H31N3O4/c1-4-34-15-9-14-29-17-23(31)30-16-20(18-10-6-8-13-22(18)33-3)24-19-11-5-7-12-21(19)28-25(24)27(30,2)26(29)32/h5-8,10-13,20,28H,4,9,14-17H2,1-3H3/t20-,27+/m1/s1. The first kappa shape index (κ1) is 22.5. The van der Waals surface area contributed by atoms with E-state index in [1.165, 1.54) is 0 Å². The Kier molecular flexibility index (Phi) is 5.81. The molecule has 0 bridgehead atoms. The van der Waals surface area contributed by atoms with E-state index in [-0.39, 0.29) is 24.3 Å². The van der Waals surface area contributed by atoms with Crippen LogP contribution in [0.15, 0.2) is 48.5 Å². The van der Waals surface area contributed by atoms with Crippen molar-refractivity contribution in [2.75, 3.05) is 40.0 Å². The second kappa shape index (κ2) is 8.80. The Hall–Kier alpha value is -3.32. The summed E-state index contributed by atoms with van der Waals surface area (Å²) in [6, 6.07) is 16.0. The molecule has 0 radical (unpaired) electrons. The normalized spacial score (nSPS) is 22.1. The summed E-state index contributed by atoms with van der Waals surface area (Å²) >= 11 is 0.